The molecule has 0 N–H and O–H groups in total. The first-order valence-corrected chi connectivity index (χ1v) is 3.53. The summed E-state index contributed by atoms with van der Waals surface area (Å²) in [5, 5.41) is 0. The number of hydrogen-bond donors (Lipinski definition) is 0. The van der Waals surface area contributed by atoms with Crippen molar-refractivity contribution in [2.24, 2.45) is 5.92 Å². The summed E-state index contributed by atoms with van der Waals surface area (Å²) in [6, 6.07) is 0. The SMILES string of the molecule is [B]C(C)CC(C)CC=C. The highest BCUT2D eigenvalue weighted by molar-refractivity contribution is 6.11. The molecule has 0 aromatic carbocycles. The average Bonchev–Trinajstić information content (AvgIpc) is 1.63. The predicted octanol–water partition coefficient (Wildman–Crippen LogP) is 2.57. The van der Waals surface area contributed by atoms with Crippen molar-refractivity contribution in [3.05, 3.63) is 12.7 Å². The lowest BCUT2D eigenvalue weighted by Gasteiger charge is -2.10. The van der Waals surface area contributed by atoms with Crippen LogP contribution < -0.4 is 0 Å². The van der Waals surface area contributed by atoms with Gasteiger partial charge in [0.2, 0.25) is 0 Å². The molecule has 0 heterocycles. The lowest BCUT2D eigenvalue weighted by molar-refractivity contribution is 0.532. The van der Waals surface area contributed by atoms with Crippen LogP contribution in [0.5, 0.6) is 0 Å². The summed E-state index contributed by atoms with van der Waals surface area (Å²) in [5.74, 6) is 1.03. The summed E-state index contributed by atoms with van der Waals surface area (Å²) in [6.07, 6.45) is 4.14. The highest BCUT2D eigenvalue weighted by Crippen LogP contribution is 2.16. The normalized spacial score (nSPS) is 16.7. The van der Waals surface area contributed by atoms with E-state index < -0.39 is 0 Å². The molecule has 0 rings (SSSR count). The van der Waals surface area contributed by atoms with Gasteiger partial charge in [-0.15, -0.1) is 6.58 Å². The van der Waals surface area contributed by atoms with Gasteiger partial charge < -0.3 is 0 Å². The number of allylic oxidation sites excluding steroid dienone is 1. The van der Waals surface area contributed by atoms with Crippen molar-refractivity contribution in [1.82, 2.24) is 0 Å². The summed E-state index contributed by atoms with van der Waals surface area (Å²) in [6.45, 7) is 7.91. The molecule has 0 bridgehead atoms. The first-order chi connectivity index (χ1) is 4.16. The van der Waals surface area contributed by atoms with Crippen LogP contribution in [0, 0.1) is 5.92 Å². The highest BCUT2D eigenvalue weighted by atomic mass is 14.0. The van der Waals surface area contributed by atoms with Crippen molar-refractivity contribution in [2.75, 3.05) is 0 Å². The summed E-state index contributed by atoms with van der Waals surface area (Å²) in [5.41, 5.74) is 0. The van der Waals surface area contributed by atoms with E-state index in [0.717, 1.165) is 12.8 Å². The fourth-order valence-corrected chi connectivity index (χ4v) is 1.02. The predicted molar refractivity (Wildman–Crippen MR) is 43.8 cm³/mol. The molecule has 2 unspecified atom stereocenters. The summed E-state index contributed by atoms with van der Waals surface area (Å²) < 4.78 is 0. The molecular formula is C8H15B. The van der Waals surface area contributed by atoms with Crippen LogP contribution in [0.15, 0.2) is 12.7 Å². The quantitative estimate of drug-likeness (QED) is 0.397. The molecular weight excluding hydrogens is 107 g/mol. The standard InChI is InChI=1S/C8H15B/c1-4-5-7(2)6-8(3)9/h4,7-8H,1,5-6H2,2-3H3. The molecule has 0 aliphatic carbocycles. The van der Waals surface area contributed by atoms with E-state index in [9.17, 15) is 0 Å². The molecule has 9 heavy (non-hydrogen) atoms. The Kier molecular flexibility index (Phi) is 4.56. The zero-order valence-electron chi connectivity index (χ0n) is 6.43. The fourth-order valence-electron chi connectivity index (χ4n) is 1.02. The zero-order chi connectivity index (χ0) is 7.28. The average molecular weight is 122 g/mol. The van der Waals surface area contributed by atoms with Crippen LogP contribution in [0.3, 0.4) is 0 Å². The maximum absolute atomic E-state index is 5.59. The van der Waals surface area contributed by atoms with Crippen LogP contribution in [0.4, 0.5) is 0 Å². The molecule has 1 heteroatoms. The Labute approximate surface area is 59.8 Å². The Hall–Kier alpha value is -0.195. The van der Waals surface area contributed by atoms with Gasteiger partial charge in [0.1, 0.15) is 0 Å². The second-order valence-corrected chi connectivity index (χ2v) is 2.84. The van der Waals surface area contributed by atoms with Crippen LogP contribution in [0.1, 0.15) is 26.7 Å². The lowest BCUT2D eigenvalue weighted by atomic mass is 9.81. The van der Waals surface area contributed by atoms with Crippen LogP contribution in [0.2, 0.25) is 5.82 Å². The molecule has 0 saturated carbocycles. The smallest absolute Gasteiger partial charge is 0.0695 e. The van der Waals surface area contributed by atoms with Crippen LogP contribution in [0.25, 0.3) is 0 Å². The second-order valence-electron chi connectivity index (χ2n) is 2.84. The zero-order valence-corrected chi connectivity index (χ0v) is 6.43. The molecule has 50 valence electrons. The van der Waals surface area contributed by atoms with Gasteiger partial charge in [0.15, 0.2) is 0 Å². The van der Waals surface area contributed by atoms with Gasteiger partial charge in [0, 0.05) is 0 Å². The van der Waals surface area contributed by atoms with E-state index in [0.29, 0.717) is 11.7 Å². The van der Waals surface area contributed by atoms with Crippen molar-refractivity contribution in [2.45, 2.75) is 32.5 Å². The van der Waals surface area contributed by atoms with Gasteiger partial charge in [-0.1, -0.05) is 32.2 Å². The maximum atomic E-state index is 5.59. The van der Waals surface area contributed by atoms with Crippen LogP contribution in [-0.2, 0) is 0 Å². The Morgan fingerprint density at radius 2 is 2.11 bits per heavy atom. The minimum atomic E-state index is 0.333. The molecule has 0 saturated heterocycles. The summed E-state index contributed by atoms with van der Waals surface area (Å²) in [4.78, 5) is 0. The number of hydrogen-bond acceptors (Lipinski definition) is 0. The third-order valence-electron chi connectivity index (χ3n) is 1.34. The van der Waals surface area contributed by atoms with E-state index >= 15 is 0 Å². The molecule has 0 spiro atoms. The van der Waals surface area contributed by atoms with Crippen molar-refractivity contribution < 1.29 is 0 Å². The van der Waals surface area contributed by atoms with Gasteiger partial charge in [0.05, 0.1) is 7.85 Å². The minimum absolute atomic E-state index is 0.333. The Morgan fingerprint density at radius 3 is 2.44 bits per heavy atom. The van der Waals surface area contributed by atoms with Crippen molar-refractivity contribution in [3.63, 3.8) is 0 Å². The van der Waals surface area contributed by atoms with Crippen molar-refractivity contribution >= 4 is 7.85 Å². The van der Waals surface area contributed by atoms with Gasteiger partial charge in [-0.2, -0.15) is 0 Å². The highest BCUT2D eigenvalue weighted by Gasteiger charge is 2.00. The minimum Gasteiger partial charge on any atom is -0.103 e. The lowest BCUT2D eigenvalue weighted by Crippen LogP contribution is -1.96. The molecule has 0 aromatic heterocycles. The van der Waals surface area contributed by atoms with Gasteiger partial charge in [0.25, 0.3) is 0 Å². The summed E-state index contributed by atoms with van der Waals surface area (Å²) in [7, 11) is 5.59. The molecule has 0 amide bonds. The Balaban J connectivity index is 3.25. The van der Waals surface area contributed by atoms with Crippen LogP contribution >= 0.6 is 0 Å². The topological polar surface area (TPSA) is 0 Å². The van der Waals surface area contributed by atoms with Crippen molar-refractivity contribution in [3.8, 4) is 0 Å². The molecule has 0 aliphatic heterocycles. The van der Waals surface area contributed by atoms with Crippen molar-refractivity contribution in [1.29, 1.82) is 0 Å². The van der Waals surface area contributed by atoms with E-state index in [1.807, 2.05) is 13.0 Å². The molecule has 2 atom stereocenters. The summed E-state index contributed by atoms with van der Waals surface area (Å²) >= 11 is 0. The Morgan fingerprint density at radius 1 is 1.56 bits per heavy atom. The van der Waals surface area contributed by atoms with Crippen LogP contribution in [-0.4, -0.2) is 7.85 Å². The van der Waals surface area contributed by atoms with E-state index in [1.54, 1.807) is 0 Å². The van der Waals surface area contributed by atoms with E-state index in [-0.39, 0.29) is 0 Å². The third kappa shape index (κ3) is 5.68. The van der Waals surface area contributed by atoms with Gasteiger partial charge in [-0.05, 0) is 12.3 Å². The first-order valence-electron chi connectivity index (χ1n) is 3.53. The van der Waals surface area contributed by atoms with Gasteiger partial charge in [-0.3, -0.25) is 0 Å². The molecule has 0 aromatic rings. The second kappa shape index (κ2) is 4.66. The molecule has 2 radical (unpaired) electrons. The van der Waals surface area contributed by atoms with E-state index in [2.05, 4.69) is 13.5 Å². The maximum Gasteiger partial charge on any atom is 0.0695 e. The molecule has 0 nitrogen and oxygen atoms in total. The van der Waals surface area contributed by atoms with E-state index in [4.69, 9.17) is 7.85 Å². The largest absolute Gasteiger partial charge is 0.103 e. The third-order valence-corrected chi connectivity index (χ3v) is 1.34. The fraction of sp³-hybridized carbons (Fsp3) is 0.750. The van der Waals surface area contributed by atoms with E-state index in [1.165, 1.54) is 0 Å². The monoisotopic (exact) mass is 122 g/mol. The number of rotatable bonds is 4. The Bertz CT molecular complexity index is 76.6. The molecule has 0 fully saturated rings. The van der Waals surface area contributed by atoms with Gasteiger partial charge >= 0.3 is 0 Å². The van der Waals surface area contributed by atoms with Gasteiger partial charge in [-0.25, -0.2) is 0 Å². The first kappa shape index (κ1) is 8.80. The molecule has 0 aliphatic rings.